The van der Waals surface area contributed by atoms with E-state index < -0.39 is 12.1 Å². The van der Waals surface area contributed by atoms with Gasteiger partial charge in [-0.25, -0.2) is 14.4 Å². The molecule has 0 bridgehead atoms. The van der Waals surface area contributed by atoms with Crippen molar-refractivity contribution < 1.29 is 29.6 Å². The molecule has 12 heteroatoms. The van der Waals surface area contributed by atoms with Crippen LogP contribution in [0, 0.1) is 5.82 Å². The Morgan fingerprint density at radius 2 is 2.07 bits per heavy atom. The van der Waals surface area contributed by atoms with E-state index >= 15 is 0 Å². The number of rotatable bonds is 10. The summed E-state index contributed by atoms with van der Waals surface area (Å²) >= 11 is 6.52. The zero-order valence-electron chi connectivity index (χ0n) is 25.2. The number of amides is 2. The first-order valence-electron chi connectivity index (χ1n) is 14.9. The van der Waals surface area contributed by atoms with Crippen LogP contribution in [0.2, 0.25) is 5.02 Å². The van der Waals surface area contributed by atoms with Gasteiger partial charge in [0.25, 0.3) is 0 Å². The first-order valence-corrected chi connectivity index (χ1v) is 14.8. The summed E-state index contributed by atoms with van der Waals surface area (Å²) in [6.07, 6.45) is 2.79. The summed E-state index contributed by atoms with van der Waals surface area (Å²) in [6.45, 7) is 4.60. The van der Waals surface area contributed by atoms with Gasteiger partial charge in [0.2, 0.25) is 11.8 Å². The summed E-state index contributed by atoms with van der Waals surface area (Å²) in [5, 5.41) is 7.06. The van der Waals surface area contributed by atoms with Gasteiger partial charge in [0.15, 0.2) is 0 Å². The second kappa shape index (κ2) is 13.5. The summed E-state index contributed by atoms with van der Waals surface area (Å²) in [5.74, 6) is 0.0432. The third-order valence-corrected chi connectivity index (χ3v) is 7.82. The van der Waals surface area contributed by atoms with Gasteiger partial charge in [-0.2, -0.15) is 0 Å². The number of halogens is 2. The fourth-order valence-corrected chi connectivity index (χ4v) is 5.54. The lowest BCUT2D eigenvalue weighted by Gasteiger charge is -2.24. The molecule has 0 saturated carbocycles. The molecular weight excluding hydrogens is 601 g/mol. The molecule has 3 aromatic carbocycles. The van der Waals surface area contributed by atoms with Gasteiger partial charge in [0.1, 0.15) is 48.2 Å². The molecule has 4 aromatic rings. The molecule has 2 amide bonds. The second-order valence-electron chi connectivity index (χ2n) is 10.6. The number of aromatic nitrogens is 2. The maximum atomic E-state index is 13.5. The van der Waals surface area contributed by atoms with E-state index in [0.29, 0.717) is 76.8 Å². The zero-order chi connectivity index (χ0) is 32.3. The topological polar surface area (TPSA) is 115 Å². The van der Waals surface area contributed by atoms with Crippen LogP contribution in [-0.4, -0.2) is 58.6 Å². The second-order valence-corrected chi connectivity index (χ2v) is 11.0. The van der Waals surface area contributed by atoms with Crippen molar-refractivity contribution in [3.63, 3.8) is 0 Å². The number of nitrogens with zero attached hydrogens (tertiary/aromatic N) is 3. The van der Waals surface area contributed by atoms with Crippen molar-refractivity contribution in [1.29, 1.82) is 0 Å². The van der Waals surface area contributed by atoms with Gasteiger partial charge < -0.3 is 29.7 Å². The molecule has 2 unspecified atom stereocenters. The van der Waals surface area contributed by atoms with Crippen LogP contribution in [0.3, 0.4) is 0 Å². The largest absolute Gasteiger partial charge is 0.487 e. The van der Waals surface area contributed by atoms with Gasteiger partial charge in [-0.05, 0) is 60.9 Å². The van der Waals surface area contributed by atoms with E-state index in [2.05, 4.69) is 27.2 Å². The number of hydrogen-bond donors (Lipinski definition) is 2. The lowest BCUT2D eigenvalue weighted by atomic mass is 10.1. The molecule has 10 nitrogen and oxygen atoms in total. The third-order valence-electron chi connectivity index (χ3n) is 7.53. The van der Waals surface area contributed by atoms with Crippen LogP contribution in [-0.2, 0) is 20.9 Å². The molecule has 2 aliphatic rings. The molecule has 45 heavy (non-hydrogen) atoms. The van der Waals surface area contributed by atoms with E-state index in [1.807, 2.05) is 0 Å². The molecule has 0 aliphatic carbocycles. The fraction of sp³-hybridized carbons (Fsp3) is 0.273. The molecule has 0 spiro atoms. The number of nitrogens with one attached hydrogen (secondary N) is 2. The van der Waals surface area contributed by atoms with E-state index in [1.54, 1.807) is 42.5 Å². The van der Waals surface area contributed by atoms with Crippen molar-refractivity contribution in [3.05, 3.63) is 90.0 Å². The Kier molecular flexibility index (Phi) is 8.70. The smallest absolute Gasteiger partial charge is 0.247 e. The number of carbonyl (C=O) groups is 2. The molecule has 2 fully saturated rings. The molecule has 2 saturated heterocycles. The van der Waals surface area contributed by atoms with E-state index in [9.17, 15) is 14.0 Å². The third kappa shape index (κ3) is 7.00. The van der Waals surface area contributed by atoms with Gasteiger partial charge in [-0.1, -0.05) is 30.3 Å². The van der Waals surface area contributed by atoms with Crippen molar-refractivity contribution in [2.75, 3.05) is 30.4 Å². The number of hydrogen-bond acceptors (Lipinski definition) is 8. The number of benzene rings is 3. The van der Waals surface area contributed by atoms with E-state index in [4.69, 9.17) is 27.2 Å². The van der Waals surface area contributed by atoms with E-state index in [1.165, 1.54) is 29.4 Å². The lowest BCUT2D eigenvalue weighted by molar-refractivity contribution is -0.132. The molecule has 2 atom stereocenters. The highest BCUT2D eigenvalue weighted by Gasteiger charge is 2.33. The highest BCUT2D eigenvalue weighted by atomic mass is 35.5. The maximum absolute atomic E-state index is 13.5. The van der Waals surface area contributed by atoms with Crippen LogP contribution >= 0.6 is 11.6 Å². The standard InChI is InChI=1S/C33H31ClFN5O5/c1-2-31(41)40-11-4-7-28(40)33(42)39-27-15-24-26(16-30(27)45-23-10-12-43-18-23)36-19-37-32(24)38-22-8-9-29(25(34)14-22)44-17-20-5-3-6-21(35)13-20/h2-3,5-6,8-9,13-16,19,23,28H,1,4,7,10-12,17-18H2,(H,39,42)(H,36,37,38)/i23D. The van der Waals surface area contributed by atoms with Crippen LogP contribution in [0.4, 0.5) is 21.6 Å². The Morgan fingerprint density at radius 1 is 1.18 bits per heavy atom. The molecule has 3 heterocycles. The summed E-state index contributed by atoms with van der Waals surface area (Å²) < 4.78 is 39.5. The Morgan fingerprint density at radius 3 is 2.84 bits per heavy atom. The van der Waals surface area contributed by atoms with Gasteiger partial charge in [-0.15, -0.1) is 0 Å². The summed E-state index contributed by atoms with van der Waals surface area (Å²) in [5.41, 5.74) is 2.07. The predicted octanol–water partition coefficient (Wildman–Crippen LogP) is 6.03. The quantitative estimate of drug-likeness (QED) is 0.204. The summed E-state index contributed by atoms with van der Waals surface area (Å²) in [4.78, 5) is 36.2. The first-order chi connectivity index (χ1) is 22.2. The van der Waals surface area contributed by atoms with Crippen molar-refractivity contribution >= 4 is 51.5 Å². The summed E-state index contributed by atoms with van der Waals surface area (Å²) in [6, 6.07) is 13.9. The minimum absolute atomic E-state index is 0.0714. The maximum Gasteiger partial charge on any atom is 0.247 e. The Balaban J connectivity index is 1.28. The zero-order valence-corrected chi connectivity index (χ0v) is 25.0. The normalized spacial score (nSPS) is 19.6. The Bertz CT molecular complexity index is 1800. The lowest BCUT2D eigenvalue weighted by Crippen LogP contribution is -2.42. The van der Waals surface area contributed by atoms with Crippen LogP contribution in [0.25, 0.3) is 10.9 Å². The van der Waals surface area contributed by atoms with Gasteiger partial charge >= 0.3 is 0 Å². The highest BCUT2D eigenvalue weighted by molar-refractivity contribution is 6.32. The van der Waals surface area contributed by atoms with Crippen molar-refractivity contribution in [2.24, 2.45) is 0 Å². The Labute approximate surface area is 265 Å². The molecule has 232 valence electrons. The summed E-state index contributed by atoms with van der Waals surface area (Å²) in [7, 11) is 0. The molecule has 2 N–H and O–H groups in total. The average molecular weight is 633 g/mol. The van der Waals surface area contributed by atoms with Crippen LogP contribution < -0.4 is 20.1 Å². The van der Waals surface area contributed by atoms with E-state index in [-0.39, 0.29) is 36.6 Å². The van der Waals surface area contributed by atoms with Gasteiger partial charge in [0, 0.05) is 30.1 Å². The number of carbonyl (C=O) groups excluding carboxylic acids is 2. The molecule has 1 aromatic heterocycles. The minimum atomic E-state index is -1.34. The van der Waals surface area contributed by atoms with Crippen molar-refractivity contribution in [1.82, 2.24) is 14.9 Å². The molecule has 0 radical (unpaired) electrons. The highest BCUT2D eigenvalue weighted by Crippen LogP contribution is 2.36. The van der Waals surface area contributed by atoms with Crippen LogP contribution in [0.1, 0.15) is 26.2 Å². The van der Waals surface area contributed by atoms with Crippen molar-refractivity contribution in [3.8, 4) is 11.5 Å². The van der Waals surface area contributed by atoms with E-state index in [0.717, 1.165) is 0 Å². The Hall–Kier alpha value is -4.74. The van der Waals surface area contributed by atoms with Crippen LogP contribution in [0.5, 0.6) is 11.5 Å². The predicted molar refractivity (Wildman–Crippen MR) is 168 cm³/mol. The van der Waals surface area contributed by atoms with Crippen molar-refractivity contribution in [2.45, 2.75) is 38.0 Å². The van der Waals surface area contributed by atoms with Gasteiger partial charge in [0.05, 0.1) is 30.8 Å². The number of ether oxygens (including phenoxy) is 3. The molecular formula is C33H31ClFN5O5. The number of anilines is 3. The number of likely N-dealkylation sites (tertiary alicyclic amines) is 1. The van der Waals surface area contributed by atoms with Crippen LogP contribution in [0.15, 0.2) is 73.6 Å². The minimum Gasteiger partial charge on any atom is -0.487 e. The van der Waals surface area contributed by atoms with Gasteiger partial charge in [-0.3, -0.25) is 9.59 Å². The fourth-order valence-electron chi connectivity index (χ4n) is 5.30. The monoisotopic (exact) mass is 632 g/mol. The molecule has 2 aliphatic heterocycles. The first kappa shape index (κ1) is 29.0. The SMILES string of the molecule is [2H]C1(Oc2cc3ncnc(Nc4ccc(OCc5cccc(F)c5)c(Cl)c4)c3cc2NC(=O)C2CCCN2C(=O)C=C)CCOC1. The average Bonchev–Trinajstić information content (AvgIpc) is 3.71. The molecule has 6 rings (SSSR count). The number of fused-ring (bicyclic) bond motifs is 1.